The lowest BCUT2D eigenvalue weighted by Gasteiger charge is -2.30. The summed E-state index contributed by atoms with van der Waals surface area (Å²) in [6, 6.07) is 10.7. The van der Waals surface area contributed by atoms with Crippen molar-refractivity contribution >= 4 is 11.9 Å². The highest BCUT2D eigenvalue weighted by atomic mass is 19.4. The summed E-state index contributed by atoms with van der Waals surface area (Å²) < 4.78 is 46.7. The maximum atomic E-state index is 13.1. The summed E-state index contributed by atoms with van der Waals surface area (Å²) in [7, 11) is 0. The minimum atomic E-state index is -4.47. The number of aromatic nitrogens is 2. The van der Waals surface area contributed by atoms with E-state index in [1.165, 1.54) is 4.68 Å². The molecule has 1 aromatic heterocycles. The SMILES string of the molecule is CCC[C@H](Oc1cc(C)c(-n2cc(C(F)(F)F)cn2)c(C)c1)c1ccc(C(=O)N2CCC[C@@H](C(=O)O)C2)cc1. The van der Waals surface area contributed by atoms with Crippen LogP contribution in [0.15, 0.2) is 48.8 Å². The van der Waals surface area contributed by atoms with Crippen LogP contribution in [0, 0.1) is 19.8 Å². The molecule has 10 heteroatoms. The number of ether oxygens (including phenoxy) is 1. The van der Waals surface area contributed by atoms with E-state index in [-0.39, 0.29) is 18.6 Å². The molecule has 0 saturated carbocycles. The zero-order valence-electron chi connectivity index (χ0n) is 22.2. The van der Waals surface area contributed by atoms with Crippen LogP contribution in [0.2, 0.25) is 0 Å². The fourth-order valence-corrected chi connectivity index (χ4v) is 5.04. The first kappa shape index (κ1) is 28.2. The highest BCUT2D eigenvalue weighted by Crippen LogP contribution is 2.33. The number of benzene rings is 2. The molecular formula is C29H32F3N3O4. The lowest BCUT2D eigenvalue weighted by molar-refractivity contribution is -0.143. The fourth-order valence-electron chi connectivity index (χ4n) is 5.04. The Labute approximate surface area is 225 Å². The highest BCUT2D eigenvalue weighted by molar-refractivity contribution is 5.94. The molecule has 0 radical (unpaired) electrons. The Morgan fingerprint density at radius 3 is 2.38 bits per heavy atom. The Morgan fingerprint density at radius 1 is 1.15 bits per heavy atom. The standard InChI is InChI=1S/C29H32F3N3O4/c1-4-6-25(20-8-10-21(11-9-20)27(36)34-12-5-7-22(16-34)28(37)38)39-24-13-18(2)26(19(3)14-24)35-17-23(15-33-35)29(30,31)32/h8-11,13-15,17,22,25H,4-7,12,16H2,1-3H3,(H,37,38)/t22-,25+/m1/s1. The molecule has 208 valence electrons. The van der Waals surface area contributed by atoms with Gasteiger partial charge in [0.1, 0.15) is 11.9 Å². The molecule has 1 aliphatic heterocycles. The van der Waals surface area contributed by atoms with Gasteiger partial charge in [-0.05, 0) is 74.1 Å². The van der Waals surface area contributed by atoms with Gasteiger partial charge < -0.3 is 14.7 Å². The first-order valence-corrected chi connectivity index (χ1v) is 13.0. The summed E-state index contributed by atoms with van der Waals surface area (Å²) in [5.74, 6) is -1.02. The van der Waals surface area contributed by atoms with Gasteiger partial charge in [0.05, 0.1) is 23.4 Å². The van der Waals surface area contributed by atoms with Gasteiger partial charge in [-0.25, -0.2) is 4.68 Å². The predicted octanol–water partition coefficient (Wildman–Crippen LogP) is 6.36. The number of aryl methyl sites for hydroxylation is 2. The Kier molecular flexibility index (Phi) is 8.32. The number of hydrogen-bond acceptors (Lipinski definition) is 4. The number of aliphatic carboxylic acids is 1. The minimum absolute atomic E-state index is 0.186. The lowest BCUT2D eigenvalue weighted by Crippen LogP contribution is -2.42. The summed E-state index contributed by atoms with van der Waals surface area (Å²) in [5, 5.41) is 13.2. The molecule has 3 aromatic rings. The number of carbonyl (C=O) groups excluding carboxylic acids is 1. The van der Waals surface area contributed by atoms with Crippen molar-refractivity contribution in [1.82, 2.24) is 14.7 Å². The highest BCUT2D eigenvalue weighted by Gasteiger charge is 2.33. The molecule has 39 heavy (non-hydrogen) atoms. The van der Waals surface area contributed by atoms with E-state index >= 15 is 0 Å². The van der Waals surface area contributed by atoms with Crippen LogP contribution in [0.25, 0.3) is 5.69 Å². The van der Waals surface area contributed by atoms with Crippen molar-refractivity contribution in [2.24, 2.45) is 5.92 Å². The summed E-state index contributed by atoms with van der Waals surface area (Å²) in [4.78, 5) is 25.9. The van der Waals surface area contributed by atoms with Crippen molar-refractivity contribution in [3.8, 4) is 11.4 Å². The van der Waals surface area contributed by atoms with Crippen LogP contribution in [0.4, 0.5) is 13.2 Å². The van der Waals surface area contributed by atoms with E-state index in [0.29, 0.717) is 42.8 Å². The maximum absolute atomic E-state index is 13.1. The number of carbonyl (C=O) groups is 2. The van der Waals surface area contributed by atoms with Gasteiger partial charge in [-0.1, -0.05) is 25.5 Å². The molecule has 0 spiro atoms. The zero-order valence-corrected chi connectivity index (χ0v) is 22.2. The zero-order chi connectivity index (χ0) is 28.3. The van der Waals surface area contributed by atoms with Gasteiger partial charge in [-0.15, -0.1) is 0 Å². The van der Waals surface area contributed by atoms with Crippen LogP contribution < -0.4 is 4.74 Å². The van der Waals surface area contributed by atoms with E-state index in [4.69, 9.17) is 4.74 Å². The van der Waals surface area contributed by atoms with E-state index in [1.54, 1.807) is 43.0 Å². The summed E-state index contributed by atoms with van der Waals surface area (Å²) in [6.07, 6.45) is -0.177. The molecule has 1 saturated heterocycles. The average Bonchev–Trinajstić information content (AvgIpc) is 3.38. The van der Waals surface area contributed by atoms with Crippen LogP contribution >= 0.6 is 0 Å². The van der Waals surface area contributed by atoms with Gasteiger partial charge in [0, 0.05) is 24.8 Å². The van der Waals surface area contributed by atoms with Crippen LogP contribution in [0.1, 0.15) is 71.3 Å². The van der Waals surface area contributed by atoms with Crippen molar-refractivity contribution in [2.75, 3.05) is 13.1 Å². The van der Waals surface area contributed by atoms with Crippen molar-refractivity contribution in [1.29, 1.82) is 0 Å². The van der Waals surface area contributed by atoms with Gasteiger partial charge in [0.25, 0.3) is 5.91 Å². The van der Waals surface area contributed by atoms with Gasteiger partial charge in [0.2, 0.25) is 0 Å². The third kappa shape index (κ3) is 6.43. The summed E-state index contributed by atoms with van der Waals surface area (Å²) in [6.45, 7) is 6.39. The molecule has 2 aromatic carbocycles. The van der Waals surface area contributed by atoms with Crippen LogP contribution in [-0.4, -0.2) is 44.8 Å². The van der Waals surface area contributed by atoms with Gasteiger partial charge in [-0.2, -0.15) is 18.3 Å². The van der Waals surface area contributed by atoms with E-state index in [9.17, 15) is 27.9 Å². The number of carboxylic acid groups (broad SMARTS) is 1. The Bertz CT molecular complexity index is 1310. The Morgan fingerprint density at radius 2 is 1.82 bits per heavy atom. The third-order valence-electron chi connectivity index (χ3n) is 7.02. The number of carboxylic acids is 1. The second-order valence-electron chi connectivity index (χ2n) is 10.0. The van der Waals surface area contributed by atoms with Crippen LogP contribution in [0.3, 0.4) is 0 Å². The number of halogens is 3. The van der Waals surface area contributed by atoms with Crippen molar-refractivity contribution in [3.05, 3.63) is 76.6 Å². The van der Waals surface area contributed by atoms with E-state index in [2.05, 4.69) is 5.10 Å². The molecule has 0 bridgehead atoms. The van der Waals surface area contributed by atoms with E-state index < -0.39 is 23.6 Å². The average molecular weight is 544 g/mol. The number of amides is 1. The van der Waals surface area contributed by atoms with Crippen molar-refractivity contribution < 1.29 is 32.6 Å². The van der Waals surface area contributed by atoms with E-state index in [0.717, 1.165) is 35.5 Å². The number of hydrogen-bond donors (Lipinski definition) is 1. The molecule has 2 heterocycles. The molecule has 0 unspecified atom stereocenters. The number of alkyl halides is 3. The molecule has 1 N–H and O–H groups in total. The van der Waals surface area contributed by atoms with Crippen molar-refractivity contribution in [3.63, 3.8) is 0 Å². The molecule has 0 aliphatic carbocycles. The first-order chi connectivity index (χ1) is 18.5. The number of piperidine rings is 1. The lowest BCUT2D eigenvalue weighted by atomic mass is 9.97. The second kappa shape index (κ2) is 11.5. The van der Waals surface area contributed by atoms with Gasteiger partial charge in [0.15, 0.2) is 0 Å². The van der Waals surface area contributed by atoms with Crippen LogP contribution in [-0.2, 0) is 11.0 Å². The molecule has 2 atom stereocenters. The summed E-state index contributed by atoms with van der Waals surface area (Å²) >= 11 is 0. The number of rotatable bonds is 8. The maximum Gasteiger partial charge on any atom is 0.419 e. The van der Waals surface area contributed by atoms with E-state index in [1.807, 2.05) is 19.1 Å². The fraction of sp³-hybridized carbons (Fsp3) is 0.414. The molecule has 1 amide bonds. The molecule has 1 aliphatic rings. The smallest absolute Gasteiger partial charge is 0.419 e. The molecule has 1 fully saturated rings. The summed E-state index contributed by atoms with van der Waals surface area (Å²) in [5.41, 5.74) is 2.58. The molecule has 7 nitrogen and oxygen atoms in total. The van der Waals surface area contributed by atoms with Crippen molar-refractivity contribution in [2.45, 2.75) is 58.7 Å². The largest absolute Gasteiger partial charge is 0.486 e. The normalized spacial score (nSPS) is 16.7. The minimum Gasteiger partial charge on any atom is -0.486 e. The Balaban J connectivity index is 1.51. The predicted molar refractivity (Wildman–Crippen MR) is 139 cm³/mol. The monoisotopic (exact) mass is 543 g/mol. The quantitative estimate of drug-likeness (QED) is 0.357. The number of likely N-dealkylation sites (tertiary alicyclic amines) is 1. The molecular weight excluding hydrogens is 511 g/mol. The number of nitrogens with zero attached hydrogens (tertiary/aromatic N) is 3. The topological polar surface area (TPSA) is 84.7 Å². The Hall–Kier alpha value is -3.82. The van der Waals surface area contributed by atoms with Gasteiger partial charge >= 0.3 is 12.1 Å². The van der Waals surface area contributed by atoms with Crippen LogP contribution in [0.5, 0.6) is 5.75 Å². The second-order valence-corrected chi connectivity index (χ2v) is 10.0. The molecule has 4 rings (SSSR count). The third-order valence-corrected chi connectivity index (χ3v) is 7.02. The van der Waals surface area contributed by atoms with Gasteiger partial charge in [-0.3, -0.25) is 9.59 Å². The first-order valence-electron chi connectivity index (χ1n) is 13.0.